The van der Waals surface area contributed by atoms with Crippen LogP contribution in [0.2, 0.25) is 0 Å². The zero-order valence-electron chi connectivity index (χ0n) is 11.8. The van der Waals surface area contributed by atoms with Crippen molar-refractivity contribution in [3.8, 4) is 0 Å². The molecule has 1 fully saturated rings. The number of sulfonamides is 1. The van der Waals surface area contributed by atoms with Crippen LogP contribution in [-0.2, 0) is 21.2 Å². The van der Waals surface area contributed by atoms with Crippen LogP contribution in [0.3, 0.4) is 0 Å². The molecule has 0 bridgehead atoms. The fourth-order valence-electron chi connectivity index (χ4n) is 2.42. The van der Waals surface area contributed by atoms with E-state index in [1.165, 1.54) is 6.07 Å². The van der Waals surface area contributed by atoms with Crippen LogP contribution in [-0.4, -0.2) is 27.7 Å². The SMILES string of the molecule is CCc1ccc(N)cc1S(=O)(=O)NCCC1CCCO1. The second-order valence-corrected chi connectivity index (χ2v) is 6.78. The molecular weight excluding hydrogens is 276 g/mol. The van der Waals surface area contributed by atoms with Gasteiger partial charge in [0.25, 0.3) is 0 Å². The highest BCUT2D eigenvalue weighted by Gasteiger charge is 2.20. The van der Waals surface area contributed by atoms with E-state index in [9.17, 15) is 8.42 Å². The first kappa shape index (κ1) is 15.3. The van der Waals surface area contributed by atoms with Gasteiger partial charge in [-0.25, -0.2) is 13.1 Å². The molecule has 0 spiro atoms. The summed E-state index contributed by atoms with van der Waals surface area (Å²) < 4.78 is 32.8. The second-order valence-electron chi connectivity index (χ2n) is 5.04. The first-order chi connectivity index (χ1) is 9.53. The lowest BCUT2D eigenvalue weighted by molar-refractivity contribution is 0.105. The van der Waals surface area contributed by atoms with E-state index in [0.717, 1.165) is 25.0 Å². The lowest BCUT2D eigenvalue weighted by Gasteiger charge is -2.13. The Hall–Kier alpha value is -1.11. The molecule has 1 aromatic carbocycles. The first-order valence-corrected chi connectivity index (χ1v) is 8.51. The lowest BCUT2D eigenvalue weighted by Crippen LogP contribution is -2.28. The second kappa shape index (κ2) is 6.56. The Morgan fingerprint density at radius 3 is 2.90 bits per heavy atom. The molecule has 0 saturated carbocycles. The maximum Gasteiger partial charge on any atom is 0.240 e. The van der Waals surface area contributed by atoms with Crippen LogP contribution in [0.4, 0.5) is 5.69 Å². The van der Waals surface area contributed by atoms with E-state index in [0.29, 0.717) is 25.1 Å². The van der Waals surface area contributed by atoms with Gasteiger partial charge in [0.05, 0.1) is 11.0 Å². The average Bonchev–Trinajstić information content (AvgIpc) is 2.91. The number of nitrogens with two attached hydrogens (primary N) is 1. The van der Waals surface area contributed by atoms with Crippen LogP contribution in [0.1, 0.15) is 31.7 Å². The summed E-state index contributed by atoms with van der Waals surface area (Å²) in [4.78, 5) is 0.285. The van der Waals surface area contributed by atoms with Crippen LogP contribution in [0.25, 0.3) is 0 Å². The molecule has 1 aromatic rings. The Morgan fingerprint density at radius 2 is 2.25 bits per heavy atom. The molecule has 1 atom stereocenters. The van der Waals surface area contributed by atoms with Crippen LogP contribution >= 0.6 is 0 Å². The van der Waals surface area contributed by atoms with Gasteiger partial charge in [-0.2, -0.15) is 0 Å². The monoisotopic (exact) mass is 298 g/mol. The Kier molecular flexibility index (Phi) is 5.01. The van der Waals surface area contributed by atoms with Crippen molar-refractivity contribution in [1.29, 1.82) is 0 Å². The highest BCUT2D eigenvalue weighted by Crippen LogP contribution is 2.20. The normalized spacial score (nSPS) is 19.4. The maximum atomic E-state index is 12.3. The number of anilines is 1. The van der Waals surface area contributed by atoms with Gasteiger partial charge in [0.1, 0.15) is 0 Å². The molecule has 112 valence electrons. The zero-order chi connectivity index (χ0) is 14.6. The zero-order valence-corrected chi connectivity index (χ0v) is 12.6. The number of hydrogen-bond donors (Lipinski definition) is 2. The molecule has 0 aromatic heterocycles. The van der Waals surface area contributed by atoms with Crippen molar-refractivity contribution in [3.63, 3.8) is 0 Å². The lowest BCUT2D eigenvalue weighted by atomic mass is 10.1. The van der Waals surface area contributed by atoms with Crippen LogP contribution in [0.5, 0.6) is 0 Å². The van der Waals surface area contributed by atoms with Crippen molar-refractivity contribution in [1.82, 2.24) is 4.72 Å². The topological polar surface area (TPSA) is 81.4 Å². The van der Waals surface area contributed by atoms with E-state index in [2.05, 4.69) is 4.72 Å². The highest BCUT2D eigenvalue weighted by molar-refractivity contribution is 7.89. The van der Waals surface area contributed by atoms with Gasteiger partial charge in [-0.3, -0.25) is 0 Å². The van der Waals surface area contributed by atoms with Gasteiger partial charge < -0.3 is 10.5 Å². The van der Waals surface area contributed by atoms with E-state index in [1.54, 1.807) is 12.1 Å². The molecule has 6 heteroatoms. The van der Waals surface area contributed by atoms with E-state index >= 15 is 0 Å². The molecule has 0 amide bonds. The summed E-state index contributed by atoms with van der Waals surface area (Å²) >= 11 is 0. The third kappa shape index (κ3) is 3.71. The summed E-state index contributed by atoms with van der Waals surface area (Å²) in [5, 5.41) is 0. The minimum Gasteiger partial charge on any atom is -0.399 e. The minimum atomic E-state index is -3.50. The van der Waals surface area contributed by atoms with Gasteiger partial charge in [-0.15, -0.1) is 0 Å². The Labute approximate surface area is 120 Å². The van der Waals surface area contributed by atoms with Gasteiger partial charge in [-0.1, -0.05) is 13.0 Å². The number of nitrogens with one attached hydrogen (secondary N) is 1. The smallest absolute Gasteiger partial charge is 0.240 e. The number of hydrogen-bond acceptors (Lipinski definition) is 4. The molecule has 1 aliphatic heterocycles. The number of rotatable bonds is 6. The van der Waals surface area contributed by atoms with Crippen molar-refractivity contribution < 1.29 is 13.2 Å². The van der Waals surface area contributed by atoms with Crippen LogP contribution in [0.15, 0.2) is 23.1 Å². The molecule has 5 nitrogen and oxygen atoms in total. The first-order valence-electron chi connectivity index (χ1n) is 7.02. The van der Waals surface area contributed by atoms with Crippen molar-refractivity contribution in [3.05, 3.63) is 23.8 Å². The summed E-state index contributed by atoms with van der Waals surface area (Å²) in [6.07, 6.45) is 3.63. The number of ether oxygens (including phenoxy) is 1. The minimum absolute atomic E-state index is 0.184. The molecule has 20 heavy (non-hydrogen) atoms. The fourth-order valence-corrected chi connectivity index (χ4v) is 3.81. The van der Waals surface area contributed by atoms with E-state index in [1.807, 2.05) is 6.92 Å². The quantitative estimate of drug-likeness (QED) is 0.783. The molecule has 3 N–H and O–H groups in total. The van der Waals surface area contributed by atoms with Gasteiger partial charge in [0.2, 0.25) is 10.0 Å². The third-order valence-corrected chi connectivity index (χ3v) is 5.09. The van der Waals surface area contributed by atoms with Crippen LogP contribution in [0, 0.1) is 0 Å². The van der Waals surface area contributed by atoms with Gasteiger partial charge in [0, 0.05) is 18.8 Å². The predicted molar refractivity (Wildman–Crippen MR) is 79.0 cm³/mol. The maximum absolute atomic E-state index is 12.3. The molecule has 0 aliphatic carbocycles. The Balaban J connectivity index is 2.03. The molecular formula is C14H22N2O3S. The van der Waals surface area contributed by atoms with Crippen molar-refractivity contribution >= 4 is 15.7 Å². The number of aryl methyl sites for hydroxylation is 1. The van der Waals surface area contributed by atoms with E-state index < -0.39 is 10.0 Å². The number of benzene rings is 1. The van der Waals surface area contributed by atoms with Gasteiger partial charge in [-0.05, 0) is 43.4 Å². The summed E-state index contributed by atoms with van der Waals surface area (Å²) in [6.45, 7) is 3.11. The molecule has 1 aliphatic rings. The van der Waals surface area contributed by atoms with Crippen molar-refractivity contribution in [2.75, 3.05) is 18.9 Å². The summed E-state index contributed by atoms with van der Waals surface area (Å²) in [6, 6.07) is 5.02. The van der Waals surface area contributed by atoms with Crippen molar-refractivity contribution in [2.24, 2.45) is 0 Å². The average molecular weight is 298 g/mol. The van der Waals surface area contributed by atoms with Gasteiger partial charge in [0.15, 0.2) is 0 Å². The molecule has 0 radical (unpaired) electrons. The standard InChI is InChI=1S/C14H22N2O3S/c1-2-11-5-6-12(15)10-14(11)20(17,18)16-8-7-13-4-3-9-19-13/h5-6,10,13,16H,2-4,7-9,15H2,1H3. The highest BCUT2D eigenvalue weighted by atomic mass is 32.2. The summed E-state index contributed by atoms with van der Waals surface area (Å²) in [5.41, 5.74) is 6.94. The Bertz CT molecular complexity index is 552. The summed E-state index contributed by atoms with van der Waals surface area (Å²) in [7, 11) is -3.50. The third-order valence-electron chi connectivity index (χ3n) is 3.54. The molecule has 1 saturated heterocycles. The molecule has 1 heterocycles. The Morgan fingerprint density at radius 1 is 1.45 bits per heavy atom. The van der Waals surface area contributed by atoms with Crippen LogP contribution < -0.4 is 10.5 Å². The number of nitrogen functional groups attached to an aromatic ring is 1. The summed E-state index contributed by atoms with van der Waals surface area (Å²) in [5.74, 6) is 0. The molecule has 1 unspecified atom stereocenters. The van der Waals surface area contributed by atoms with E-state index in [-0.39, 0.29) is 11.0 Å². The van der Waals surface area contributed by atoms with Crippen molar-refractivity contribution in [2.45, 2.75) is 43.6 Å². The predicted octanol–water partition coefficient (Wildman–Crippen LogP) is 1.68. The van der Waals surface area contributed by atoms with E-state index in [4.69, 9.17) is 10.5 Å². The largest absolute Gasteiger partial charge is 0.399 e. The molecule has 2 rings (SSSR count). The van der Waals surface area contributed by atoms with Gasteiger partial charge >= 0.3 is 0 Å². The fraction of sp³-hybridized carbons (Fsp3) is 0.571.